The summed E-state index contributed by atoms with van der Waals surface area (Å²) in [6, 6.07) is 5.42. The Kier molecular flexibility index (Phi) is 4.21. The number of rotatable bonds is 4. The molecule has 1 aliphatic rings. The number of hydrogen-bond acceptors (Lipinski definition) is 5. The summed E-state index contributed by atoms with van der Waals surface area (Å²) >= 11 is 0. The quantitative estimate of drug-likeness (QED) is 0.617. The number of ether oxygens (including phenoxy) is 2. The van der Waals surface area contributed by atoms with Crippen LogP contribution in [-0.4, -0.2) is 38.3 Å². The zero-order valence-corrected chi connectivity index (χ0v) is 11.2. The Hall–Kier alpha value is -1.82. The largest absolute Gasteiger partial charge is 0.490 e. The van der Waals surface area contributed by atoms with Gasteiger partial charge in [-0.2, -0.15) is 0 Å². The van der Waals surface area contributed by atoms with E-state index in [-0.39, 0.29) is 11.4 Å². The predicted octanol–water partition coefficient (Wildman–Crippen LogP) is 2.22. The summed E-state index contributed by atoms with van der Waals surface area (Å²) in [6.07, 6.45) is 1.88. The van der Waals surface area contributed by atoms with Crippen LogP contribution in [0.15, 0.2) is 18.2 Å². The fourth-order valence-corrected chi connectivity index (χ4v) is 2.32. The second-order valence-corrected chi connectivity index (χ2v) is 4.57. The lowest BCUT2D eigenvalue weighted by atomic mass is 10.1. The molecule has 0 aliphatic carbocycles. The number of nitro groups is 1. The lowest BCUT2D eigenvalue weighted by Crippen LogP contribution is -2.36. The van der Waals surface area contributed by atoms with Gasteiger partial charge in [0.15, 0.2) is 5.75 Å². The van der Waals surface area contributed by atoms with Crippen molar-refractivity contribution in [2.75, 3.05) is 32.3 Å². The highest BCUT2D eigenvalue weighted by Crippen LogP contribution is 2.32. The van der Waals surface area contributed by atoms with Crippen LogP contribution >= 0.6 is 0 Å². The minimum atomic E-state index is -0.417. The molecule has 104 valence electrons. The molecule has 1 heterocycles. The standard InChI is InChI=1S/C13H18N2O4/c1-14(10-5-7-19-8-6-10)11-3-4-13(18-2)12(9-11)15(16)17/h3-4,9-10H,5-8H2,1-2H3. The Bertz CT molecular complexity index is 458. The summed E-state index contributed by atoms with van der Waals surface area (Å²) in [5, 5.41) is 11.0. The molecule has 0 N–H and O–H groups in total. The Morgan fingerprint density at radius 3 is 2.68 bits per heavy atom. The van der Waals surface area contributed by atoms with Crippen molar-refractivity contribution in [2.24, 2.45) is 0 Å². The van der Waals surface area contributed by atoms with Gasteiger partial charge in [0.25, 0.3) is 0 Å². The van der Waals surface area contributed by atoms with Gasteiger partial charge in [0, 0.05) is 38.1 Å². The van der Waals surface area contributed by atoms with Crippen LogP contribution in [0.4, 0.5) is 11.4 Å². The van der Waals surface area contributed by atoms with Crippen LogP contribution < -0.4 is 9.64 Å². The third-order valence-electron chi connectivity index (χ3n) is 3.50. The molecule has 0 aromatic heterocycles. The third-order valence-corrected chi connectivity index (χ3v) is 3.50. The van der Waals surface area contributed by atoms with E-state index in [9.17, 15) is 10.1 Å². The van der Waals surface area contributed by atoms with Crippen molar-refractivity contribution in [3.05, 3.63) is 28.3 Å². The van der Waals surface area contributed by atoms with Crippen LogP contribution in [-0.2, 0) is 4.74 Å². The van der Waals surface area contributed by atoms with Gasteiger partial charge in [-0.15, -0.1) is 0 Å². The highest BCUT2D eigenvalue weighted by molar-refractivity contribution is 5.60. The van der Waals surface area contributed by atoms with Gasteiger partial charge in [-0.05, 0) is 25.0 Å². The van der Waals surface area contributed by atoms with E-state index in [0.717, 1.165) is 31.7 Å². The fraction of sp³-hybridized carbons (Fsp3) is 0.538. The molecule has 1 aliphatic heterocycles. The summed E-state index contributed by atoms with van der Waals surface area (Å²) < 4.78 is 10.3. The predicted molar refractivity (Wildman–Crippen MR) is 71.9 cm³/mol. The van der Waals surface area contributed by atoms with Crippen molar-refractivity contribution in [3.63, 3.8) is 0 Å². The first-order chi connectivity index (χ1) is 9.13. The van der Waals surface area contributed by atoms with Crippen LogP contribution in [0.25, 0.3) is 0 Å². The third kappa shape index (κ3) is 2.96. The number of benzene rings is 1. The highest BCUT2D eigenvalue weighted by atomic mass is 16.6. The number of methoxy groups -OCH3 is 1. The van der Waals surface area contributed by atoms with Crippen molar-refractivity contribution >= 4 is 11.4 Å². The molecule has 1 aromatic carbocycles. The van der Waals surface area contributed by atoms with Crippen LogP contribution in [0.3, 0.4) is 0 Å². The minimum Gasteiger partial charge on any atom is -0.490 e. The first kappa shape index (κ1) is 13.6. The number of hydrogen-bond donors (Lipinski definition) is 0. The summed E-state index contributed by atoms with van der Waals surface area (Å²) in [5.74, 6) is 0.286. The molecule has 1 aromatic rings. The van der Waals surface area contributed by atoms with E-state index in [1.165, 1.54) is 7.11 Å². The fourth-order valence-electron chi connectivity index (χ4n) is 2.32. The van der Waals surface area contributed by atoms with E-state index in [0.29, 0.717) is 6.04 Å². The van der Waals surface area contributed by atoms with Gasteiger partial charge in [0.05, 0.1) is 12.0 Å². The smallest absolute Gasteiger partial charge is 0.312 e. The van der Waals surface area contributed by atoms with Crippen LogP contribution in [0, 0.1) is 10.1 Å². The lowest BCUT2D eigenvalue weighted by molar-refractivity contribution is -0.385. The molecule has 0 unspecified atom stereocenters. The normalized spacial score (nSPS) is 16.1. The van der Waals surface area contributed by atoms with Crippen molar-refractivity contribution in [3.8, 4) is 5.75 Å². The van der Waals surface area contributed by atoms with Crippen molar-refractivity contribution in [1.82, 2.24) is 0 Å². The van der Waals surface area contributed by atoms with Gasteiger partial charge >= 0.3 is 5.69 Å². The average Bonchev–Trinajstić information content (AvgIpc) is 2.46. The monoisotopic (exact) mass is 266 g/mol. The molecular formula is C13H18N2O4. The molecule has 1 saturated heterocycles. The Balaban J connectivity index is 2.24. The molecule has 6 nitrogen and oxygen atoms in total. The van der Waals surface area contributed by atoms with Gasteiger partial charge in [-0.25, -0.2) is 0 Å². The van der Waals surface area contributed by atoms with E-state index >= 15 is 0 Å². The molecule has 0 amide bonds. The summed E-state index contributed by atoms with van der Waals surface area (Å²) in [5.41, 5.74) is 0.832. The second kappa shape index (κ2) is 5.88. The molecule has 0 atom stereocenters. The first-order valence-electron chi connectivity index (χ1n) is 6.26. The second-order valence-electron chi connectivity index (χ2n) is 4.57. The summed E-state index contributed by atoms with van der Waals surface area (Å²) in [4.78, 5) is 12.7. The van der Waals surface area contributed by atoms with Crippen LogP contribution in [0.2, 0.25) is 0 Å². The summed E-state index contributed by atoms with van der Waals surface area (Å²) in [7, 11) is 3.39. The molecule has 19 heavy (non-hydrogen) atoms. The van der Waals surface area contributed by atoms with Crippen molar-refractivity contribution in [2.45, 2.75) is 18.9 Å². The summed E-state index contributed by atoms with van der Waals surface area (Å²) in [6.45, 7) is 1.49. The molecule has 0 radical (unpaired) electrons. The zero-order chi connectivity index (χ0) is 13.8. The van der Waals surface area contributed by atoms with Gasteiger partial charge in [-0.3, -0.25) is 10.1 Å². The van der Waals surface area contributed by atoms with Gasteiger partial charge in [-0.1, -0.05) is 0 Å². The molecule has 0 saturated carbocycles. The number of nitro benzene ring substituents is 1. The van der Waals surface area contributed by atoms with Crippen LogP contribution in [0.1, 0.15) is 12.8 Å². The van der Waals surface area contributed by atoms with E-state index < -0.39 is 4.92 Å². The van der Waals surface area contributed by atoms with Gasteiger partial charge < -0.3 is 14.4 Å². The highest BCUT2D eigenvalue weighted by Gasteiger charge is 2.22. The minimum absolute atomic E-state index is 0.00101. The zero-order valence-electron chi connectivity index (χ0n) is 11.2. The maximum atomic E-state index is 11.0. The Morgan fingerprint density at radius 2 is 2.11 bits per heavy atom. The number of nitrogens with zero attached hydrogens (tertiary/aromatic N) is 2. The maximum absolute atomic E-state index is 11.0. The average molecular weight is 266 g/mol. The van der Waals surface area contributed by atoms with Crippen molar-refractivity contribution < 1.29 is 14.4 Å². The van der Waals surface area contributed by atoms with Crippen LogP contribution in [0.5, 0.6) is 5.75 Å². The number of anilines is 1. The Morgan fingerprint density at radius 1 is 1.42 bits per heavy atom. The topological polar surface area (TPSA) is 64.8 Å². The van der Waals surface area contributed by atoms with Crippen molar-refractivity contribution in [1.29, 1.82) is 0 Å². The van der Waals surface area contributed by atoms with E-state index in [2.05, 4.69) is 4.90 Å². The maximum Gasteiger partial charge on any atom is 0.312 e. The van der Waals surface area contributed by atoms with Gasteiger partial charge in [0.1, 0.15) is 0 Å². The molecule has 0 spiro atoms. The SMILES string of the molecule is COc1ccc(N(C)C2CCOCC2)cc1[N+](=O)[O-]. The molecule has 2 rings (SSSR count). The molecule has 6 heteroatoms. The lowest BCUT2D eigenvalue weighted by Gasteiger charge is -2.32. The molecular weight excluding hydrogens is 248 g/mol. The first-order valence-corrected chi connectivity index (χ1v) is 6.26. The van der Waals surface area contributed by atoms with E-state index in [1.54, 1.807) is 12.1 Å². The van der Waals surface area contributed by atoms with Gasteiger partial charge in [0.2, 0.25) is 0 Å². The Labute approximate surface area is 112 Å². The molecule has 0 bridgehead atoms. The molecule has 1 fully saturated rings. The van der Waals surface area contributed by atoms with E-state index in [1.807, 2.05) is 13.1 Å². The van der Waals surface area contributed by atoms with E-state index in [4.69, 9.17) is 9.47 Å².